The van der Waals surface area contributed by atoms with Crippen LogP contribution >= 0.6 is 0 Å². The number of nitrogens with zero attached hydrogens (tertiary/aromatic N) is 1. The lowest BCUT2D eigenvalue weighted by Gasteiger charge is -2.39. The zero-order valence-electron chi connectivity index (χ0n) is 10.3. The first kappa shape index (κ1) is 12.4. The van der Waals surface area contributed by atoms with Crippen LogP contribution in [0.3, 0.4) is 0 Å². The van der Waals surface area contributed by atoms with Gasteiger partial charge < -0.3 is 14.7 Å². The number of aliphatic carboxylic acids is 1. The number of carboxylic acid groups (broad SMARTS) is 1. The van der Waals surface area contributed by atoms with Crippen molar-refractivity contribution in [3.8, 4) is 0 Å². The molecule has 2 aliphatic rings. The molecule has 17 heavy (non-hydrogen) atoms. The predicted molar refractivity (Wildman–Crippen MR) is 60.5 cm³/mol. The van der Waals surface area contributed by atoms with Gasteiger partial charge >= 0.3 is 5.97 Å². The molecule has 3 atom stereocenters. The van der Waals surface area contributed by atoms with Gasteiger partial charge in [-0.15, -0.1) is 0 Å². The Morgan fingerprint density at radius 3 is 2.65 bits per heavy atom. The first-order valence-corrected chi connectivity index (χ1v) is 6.03. The van der Waals surface area contributed by atoms with Gasteiger partial charge in [-0.2, -0.15) is 0 Å². The number of carbonyl (C=O) groups excluding carboxylic acids is 1. The molecule has 1 N–H and O–H groups in total. The van der Waals surface area contributed by atoms with Gasteiger partial charge in [-0.3, -0.25) is 9.59 Å². The van der Waals surface area contributed by atoms with Gasteiger partial charge in [0.05, 0.1) is 17.4 Å². The quantitative estimate of drug-likeness (QED) is 0.791. The predicted octanol–water partition coefficient (Wildman–Crippen LogP) is 0.735. The fourth-order valence-electron chi connectivity index (χ4n) is 2.54. The van der Waals surface area contributed by atoms with Crippen molar-refractivity contribution in [1.82, 2.24) is 4.90 Å². The second-order valence-corrected chi connectivity index (χ2v) is 5.30. The number of hydrogen-bond donors (Lipinski definition) is 1. The Balaban J connectivity index is 1.95. The van der Waals surface area contributed by atoms with Crippen LogP contribution in [0.5, 0.6) is 0 Å². The summed E-state index contributed by atoms with van der Waals surface area (Å²) in [6, 6.07) is 0. The van der Waals surface area contributed by atoms with E-state index in [1.165, 1.54) is 0 Å². The lowest BCUT2D eigenvalue weighted by molar-refractivity contribution is -0.145. The van der Waals surface area contributed by atoms with Crippen molar-refractivity contribution in [2.75, 3.05) is 20.2 Å². The minimum atomic E-state index is -0.852. The van der Waals surface area contributed by atoms with Gasteiger partial charge in [-0.1, -0.05) is 0 Å². The average Bonchev–Trinajstić information content (AvgIpc) is 3.08. The summed E-state index contributed by atoms with van der Waals surface area (Å²) in [5, 5.41) is 8.82. The highest BCUT2D eigenvalue weighted by Crippen LogP contribution is 2.41. The summed E-state index contributed by atoms with van der Waals surface area (Å²) in [6.45, 7) is 3.29. The molecule has 5 nitrogen and oxygen atoms in total. The smallest absolute Gasteiger partial charge is 0.307 e. The molecule has 0 aromatic heterocycles. The standard InChI is InChI=1S/C12H19NO4/c1-12(17-2)4-3-5-13(7-12)10(14)8-6-9(8)11(15)16/h8-9H,3-7H2,1-2H3,(H,15,16). The van der Waals surface area contributed by atoms with Crippen molar-refractivity contribution in [2.45, 2.75) is 31.8 Å². The fourth-order valence-corrected chi connectivity index (χ4v) is 2.54. The second kappa shape index (κ2) is 4.29. The number of likely N-dealkylation sites (tertiary alicyclic amines) is 1. The van der Waals surface area contributed by atoms with Gasteiger partial charge in [-0.25, -0.2) is 0 Å². The molecule has 1 heterocycles. The van der Waals surface area contributed by atoms with Crippen molar-refractivity contribution in [3.05, 3.63) is 0 Å². The van der Waals surface area contributed by atoms with E-state index in [0.717, 1.165) is 19.4 Å². The van der Waals surface area contributed by atoms with Gasteiger partial charge in [0, 0.05) is 20.2 Å². The first-order chi connectivity index (χ1) is 7.97. The molecule has 96 valence electrons. The normalized spacial score (nSPS) is 36.7. The summed E-state index contributed by atoms with van der Waals surface area (Å²) in [4.78, 5) is 24.6. The van der Waals surface area contributed by atoms with Crippen LogP contribution in [0.15, 0.2) is 0 Å². The van der Waals surface area contributed by atoms with Gasteiger partial charge in [0.1, 0.15) is 0 Å². The van der Waals surface area contributed by atoms with Crippen LogP contribution in [0.25, 0.3) is 0 Å². The first-order valence-electron chi connectivity index (χ1n) is 6.03. The summed E-state index contributed by atoms with van der Waals surface area (Å²) >= 11 is 0. The summed E-state index contributed by atoms with van der Waals surface area (Å²) in [5.74, 6) is -1.62. The minimum Gasteiger partial charge on any atom is -0.481 e. The number of carboxylic acids is 1. The van der Waals surface area contributed by atoms with Crippen LogP contribution in [0.4, 0.5) is 0 Å². The number of amides is 1. The molecule has 1 aliphatic carbocycles. The Bertz CT molecular complexity index is 343. The number of ether oxygens (including phenoxy) is 1. The lowest BCUT2D eigenvalue weighted by atomic mass is 9.94. The third-order valence-corrected chi connectivity index (χ3v) is 3.89. The monoisotopic (exact) mass is 241 g/mol. The lowest BCUT2D eigenvalue weighted by Crippen LogP contribution is -2.50. The largest absolute Gasteiger partial charge is 0.481 e. The van der Waals surface area contributed by atoms with E-state index in [0.29, 0.717) is 13.0 Å². The van der Waals surface area contributed by atoms with E-state index in [2.05, 4.69) is 0 Å². The number of carbonyl (C=O) groups is 2. The van der Waals surface area contributed by atoms with Gasteiger partial charge in [-0.05, 0) is 26.2 Å². The second-order valence-electron chi connectivity index (χ2n) is 5.30. The molecule has 3 unspecified atom stereocenters. The molecule has 0 aromatic rings. The number of rotatable bonds is 3. The van der Waals surface area contributed by atoms with E-state index in [-0.39, 0.29) is 17.4 Å². The SMILES string of the molecule is COC1(C)CCCN(C(=O)C2CC2C(=O)O)C1. The number of hydrogen-bond acceptors (Lipinski definition) is 3. The van der Waals surface area contributed by atoms with Crippen molar-refractivity contribution in [1.29, 1.82) is 0 Å². The zero-order chi connectivity index (χ0) is 12.6. The molecule has 0 spiro atoms. The third-order valence-electron chi connectivity index (χ3n) is 3.89. The summed E-state index contributed by atoms with van der Waals surface area (Å²) in [5.41, 5.74) is -0.276. The van der Waals surface area contributed by atoms with Crippen molar-refractivity contribution in [2.24, 2.45) is 11.8 Å². The summed E-state index contributed by atoms with van der Waals surface area (Å²) in [6.07, 6.45) is 2.36. The van der Waals surface area contributed by atoms with E-state index < -0.39 is 11.9 Å². The average molecular weight is 241 g/mol. The summed E-state index contributed by atoms with van der Waals surface area (Å²) in [7, 11) is 1.66. The molecule has 0 aromatic carbocycles. The molecule has 1 saturated carbocycles. The Labute approximate surface area is 101 Å². The summed E-state index contributed by atoms with van der Waals surface area (Å²) < 4.78 is 5.42. The van der Waals surface area contributed by atoms with Crippen molar-refractivity contribution < 1.29 is 19.4 Å². The maximum absolute atomic E-state index is 12.1. The molecule has 2 rings (SSSR count). The van der Waals surface area contributed by atoms with E-state index >= 15 is 0 Å². The van der Waals surface area contributed by atoms with Gasteiger partial charge in [0.15, 0.2) is 0 Å². The molecule has 1 aliphatic heterocycles. The van der Waals surface area contributed by atoms with Gasteiger partial charge in [0.2, 0.25) is 5.91 Å². The van der Waals surface area contributed by atoms with E-state index in [4.69, 9.17) is 9.84 Å². The van der Waals surface area contributed by atoms with Crippen molar-refractivity contribution >= 4 is 11.9 Å². The maximum atomic E-state index is 12.1. The molecule has 2 fully saturated rings. The van der Waals surface area contributed by atoms with E-state index in [1.807, 2.05) is 6.92 Å². The van der Waals surface area contributed by atoms with Crippen LogP contribution in [-0.4, -0.2) is 47.7 Å². The highest BCUT2D eigenvalue weighted by atomic mass is 16.5. The molecule has 0 bridgehead atoms. The minimum absolute atomic E-state index is 0.0135. The van der Waals surface area contributed by atoms with E-state index in [9.17, 15) is 9.59 Å². The molecule has 1 amide bonds. The van der Waals surface area contributed by atoms with Crippen molar-refractivity contribution in [3.63, 3.8) is 0 Å². The highest BCUT2D eigenvalue weighted by molar-refractivity contribution is 5.89. The Hall–Kier alpha value is -1.10. The fraction of sp³-hybridized carbons (Fsp3) is 0.833. The van der Waals surface area contributed by atoms with Crippen LogP contribution < -0.4 is 0 Å². The zero-order valence-corrected chi connectivity index (χ0v) is 10.3. The molecule has 5 heteroatoms. The van der Waals surface area contributed by atoms with Crippen LogP contribution in [0.1, 0.15) is 26.2 Å². The molecular formula is C12H19NO4. The van der Waals surface area contributed by atoms with Crippen LogP contribution in [-0.2, 0) is 14.3 Å². The van der Waals surface area contributed by atoms with Crippen LogP contribution in [0, 0.1) is 11.8 Å². The highest BCUT2D eigenvalue weighted by Gasteiger charge is 2.50. The Kier molecular flexibility index (Phi) is 3.12. The Morgan fingerprint density at radius 1 is 1.41 bits per heavy atom. The van der Waals surface area contributed by atoms with Gasteiger partial charge in [0.25, 0.3) is 0 Å². The topological polar surface area (TPSA) is 66.8 Å². The molecule has 0 radical (unpaired) electrons. The van der Waals surface area contributed by atoms with E-state index in [1.54, 1.807) is 12.0 Å². The third kappa shape index (κ3) is 2.44. The maximum Gasteiger partial charge on any atom is 0.307 e. The Morgan fingerprint density at radius 2 is 2.12 bits per heavy atom. The van der Waals surface area contributed by atoms with Crippen LogP contribution in [0.2, 0.25) is 0 Å². The molecule has 1 saturated heterocycles. The number of piperidine rings is 1. The molecular weight excluding hydrogens is 222 g/mol. The number of methoxy groups -OCH3 is 1.